The Morgan fingerprint density at radius 1 is 1.20 bits per heavy atom. The summed E-state index contributed by atoms with van der Waals surface area (Å²) in [7, 11) is -7.76. The zero-order chi connectivity index (χ0) is 18.2. The fraction of sp³-hybridized carbons (Fsp3) is 0.200. The molecule has 0 aliphatic carbocycles. The van der Waals surface area contributed by atoms with Gasteiger partial charge in [-0.3, -0.25) is 9.52 Å². The van der Waals surface area contributed by atoms with Crippen LogP contribution in [0.1, 0.15) is 12.0 Å². The van der Waals surface area contributed by atoms with Crippen LogP contribution in [-0.2, 0) is 24.8 Å². The predicted octanol–water partition coefficient (Wildman–Crippen LogP) is 1.26. The van der Waals surface area contributed by atoms with Gasteiger partial charge in [-0.05, 0) is 36.8 Å². The minimum absolute atomic E-state index is 0.00879. The van der Waals surface area contributed by atoms with E-state index < -0.39 is 26.0 Å². The van der Waals surface area contributed by atoms with Crippen molar-refractivity contribution < 1.29 is 21.6 Å². The maximum atomic E-state index is 12.6. The lowest BCUT2D eigenvalue weighted by atomic mass is 10.2. The monoisotopic (exact) mass is 381 g/mol. The lowest BCUT2D eigenvalue weighted by molar-refractivity contribution is -0.116. The first-order chi connectivity index (χ1) is 11.7. The normalized spacial score (nSPS) is 16.8. The summed E-state index contributed by atoms with van der Waals surface area (Å²) in [5, 5.41) is 0. The second-order valence-electron chi connectivity index (χ2n) is 5.49. The maximum absolute atomic E-state index is 12.6. The van der Waals surface area contributed by atoms with Crippen molar-refractivity contribution in [2.75, 3.05) is 14.8 Å². The molecule has 1 aromatic carbocycles. The molecule has 0 bridgehead atoms. The zero-order valence-corrected chi connectivity index (χ0v) is 14.8. The van der Waals surface area contributed by atoms with Crippen molar-refractivity contribution >= 4 is 37.5 Å². The number of aryl methyl sites for hydroxylation is 1. The molecule has 1 amide bonds. The van der Waals surface area contributed by atoms with Crippen LogP contribution in [0.4, 0.5) is 11.5 Å². The summed E-state index contributed by atoms with van der Waals surface area (Å²) in [5.41, 5.74) is 0.422. The van der Waals surface area contributed by atoms with Gasteiger partial charge in [-0.25, -0.2) is 26.1 Å². The third kappa shape index (κ3) is 3.35. The lowest BCUT2D eigenvalue weighted by Crippen LogP contribution is -2.29. The van der Waals surface area contributed by atoms with Gasteiger partial charge in [0.25, 0.3) is 10.0 Å². The Balaban J connectivity index is 2.04. The van der Waals surface area contributed by atoms with Gasteiger partial charge in [-0.2, -0.15) is 0 Å². The van der Waals surface area contributed by atoms with Crippen LogP contribution in [0.3, 0.4) is 0 Å². The topological polar surface area (TPSA) is 114 Å². The molecule has 1 fully saturated rings. The van der Waals surface area contributed by atoms with Gasteiger partial charge in [0.15, 0.2) is 0 Å². The average molecular weight is 381 g/mol. The maximum Gasteiger partial charge on any atom is 0.263 e. The van der Waals surface area contributed by atoms with Crippen LogP contribution in [0.5, 0.6) is 0 Å². The molecular weight excluding hydrogens is 366 g/mol. The number of rotatable bonds is 4. The molecule has 0 spiro atoms. The lowest BCUT2D eigenvalue weighted by Gasteiger charge is -2.17. The number of benzene rings is 1. The molecule has 1 N–H and O–H groups in total. The van der Waals surface area contributed by atoms with E-state index in [4.69, 9.17) is 0 Å². The molecule has 132 valence electrons. The van der Waals surface area contributed by atoms with Crippen molar-refractivity contribution in [2.24, 2.45) is 0 Å². The molecule has 0 unspecified atom stereocenters. The molecule has 0 saturated carbocycles. The van der Waals surface area contributed by atoms with Crippen LogP contribution in [-0.4, -0.2) is 33.5 Å². The largest absolute Gasteiger partial charge is 0.273 e. The number of sulfonamides is 2. The summed E-state index contributed by atoms with van der Waals surface area (Å²) in [4.78, 5) is 15.7. The van der Waals surface area contributed by atoms with E-state index >= 15 is 0 Å². The number of hydrogen-bond acceptors (Lipinski definition) is 6. The summed E-state index contributed by atoms with van der Waals surface area (Å²) in [6.07, 6.45) is 1.32. The number of nitrogens with one attached hydrogen (secondary N) is 1. The Labute approximate surface area is 145 Å². The van der Waals surface area contributed by atoms with E-state index in [0.717, 1.165) is 0 Å². The van der Waals surface area contributed by atoms with Crippen molar-refractivity contribution in [3.8, 4) is 0 Å². The molecule has 3 rings (SSSR count). The summed E-state index contributed by atoms with van der Waals surface area (Å²) in [6.45, 7) is 1.58. The Kier molecular flexibility index (Phi) is 4.25. The number of nitrogens with zero attached hydrogens (tertiary/aromatic N) is 2. The predicted molar refractivity (Wildman–Crippen MR) is 92.1 cm³/mol. The smallest absolute Gasteiger partial charge is 0.263 e. The first-order valence-electron chi connectivity index (χ1n) is 7.31. The second kappa shape index (κ2) is 6.12. The van der Waals surface area contributed by atoms with Gasteiger partial charge in [-0.1, -0.05) is 12.1 Å². The quantitative estimate of drug-likeness (QED) is 0.853. The van der Waals surface area contributed by atoms with E-state index in [-0.39, 0.29) is 28.6 Å². The zero-order valence-electron chi connectivity index (χ0n) is 13.2. The van der Waals surface area contributed by atoms with Crippen molar-refractivity contribution in [1.29, 1.82) is 0 Å². The van der Waals surface area contributed by atoms with Gasteiger partial charge >= 0.3 is 0 Å². The third-order valence-corrected chi connectivity index (χ3v) is 6.87. The van der Waals surface area contributed by atoms with Crippen molar-refractivity contribution in [1.82, 2.24) is 4.98 Å². The van der Waals surface area contributed by atoms with E-state index in [0.29, 0.717) is 9.87 Å². The van der Waals surface area contributed by atoms with Crippen LogP contribution in [0.2, 0.25) is 0 Å². The van der Waals surface area contributed by atoms with Crippen LogP contribution in [0, 0.1) is 6.92 Å². The molecule has 1 aromatic heterocycles. The van der Waals surface area contributed by atoms with E-state index in [1.807, 2.05) is 0 Å². The number of anilines is 2. The van der Waals surface area contributed by atoms with Gasteiger partial charge < -0.3 is 0 Å². The van der Waals surface area contributed by atoms with Gasteiger partial charge in [0.2, 0.25) is 15.9 Å². The Morgan fingerprint density at radius 2 is 1.96 bits per heavy atom. The van der Waals surface area contributed by atoms with Crippen molar-refractivity contribution in [2.45, 2.75) is 18.2 Å². The van der Waals surface area contributed by atoms with Crippen LogP contribution in [0.15, 0.2) is 47.5 Å². The molecular formula is C15H15N3O5S2. The first kappa shape index (κ1) is 17.4. The van der Waals surface area contributed by atoms with Gasteiger partial charge in [-0.15, -0.1) is 0 Å². The van der Waals surface area contributed by atoms with E-state index in [9.17, 15) is 21.6 Å². The molecule has 25 heavy (non-hydrogen) atoms. The Morgan fingerprint density at radius 3 is 2.56 bits per heavy atom. The first-order valence-corrected chi connectivity index (χ1v) is 10.4. The molecule has 0 radical (unpaired) electrons. The minimum Gasteiger partial charge on any atom is -0.273 e. The second-order valence-corrected chi connectivity index (χ2v) is 9.08. The molecule has 2 aromatic rings. The molecule has 2 heterocycles. The summed E-state index contributed by atoms with van der Waals surface area (Å²) >= 11 is 0. The Hall–Kier alpha value is -2.46. The fourth-order valence-electron chi connectivity index (χ4n) is 2.49. The molecule has 0 atom stereocenters. The number of carbonyl (C=O) groups is 1. The highest BCUT2D eigenvalue weighted by atomic mass is 32.2. The number of amides is 1. The fourth-order valence-corrected chi connectivity index (χ4v) is 5.21. The molecule has 1 aliphatic rings. The summed E-state index contributed by atoms with van der Waals surface area (Å²) in [6, 6.07) is 8.82. The number of pyridine rings is 1. The highest BCUT2D eigenvalue weighted by molar-refractivity contribution is 7.94. The molecule has 1 saturated heterocycles. The summed E-state index contributed by atoms with van der Waals surface area (Å²) in [5.74, 6) is -0.726. The van der Waals surface area contributed by atoms with Crippen LogP contribution >= 0.6 is 0 Å². The minimum atomic E-state index is -4.00. The molecule has 10 heteroatoms. The van der Waals surface area contributed by atoms with Crippen LogP contribution in [0.25, 0.3) is 0 Å². The number of aromatic nitrogens is 1. The van der Waals surface area contributed by atoms with E-state index in [1.165, 1.54) is 30.5 Å². The Bertz CT molecular complexity index is 1030. The van der Waals surface area contributed by atoms with Crippen molar-refractivity contribution in [3.05, 3.63) is 48.2 Å². The molecule has 1 aliphatic heterocycles. The molecule has 8 nitrogen and oxygen atoms in total. The highest BCUT2D eigenvalue weighted by Crippen LogP contribution is 2.29. The van der Waals surface area contributed by atoms with Gasteiger partial charge in [0.05, 0.1) is 16.3 Å². The van der Waals surface area contributed by atoms with Crippen LogP contribution < -0.4 is 9.03 Å². The van der Waals surface area contributed by atoms with Gasteiger partial charge in [0.1, 0.15) is 5.82 Å². The number of carbonyl (C=O) groups excluding carboxylic acids is 1. The van der Waals surface area contributed by atoms with E-state index in [1.54, 1.807) is 19.1 Å². The standard InChI is InChI=1S/C15H15N3O5S2/c1-11-5-6-12(18-15(19)7-9-24(18,20)21)10-13(11)25(22,23)17-14-4-2-3-8-16-14/h2-6,8,10H,7,9H2,1H3,(H,16,17). The average Bonchev–Trinajstić information content (AvgIpc) is 2.82. The highest BCUT2D eigenvalue weighted by Gasteiger charge is 2.37. The van der Waals surface area contributed by atoms with E-state index in [2.05, 4.69) is 9.71 Å². The number of hydrogen-bond donors (Lipinski definition) is 1. The third-order valence-electron chi connectivity index (χ3n) is 3.68. The SMILES string of the molecule is Cc1ccc(N2C(=O)CCS2(=O)=O)cc1S(=O)(=O)Nc1ccccn1. The van der Waals surface area contributed by atoms with Crippen molar-refractivity contribution in [3.63, 3.8) is 0 Å². The van der Waals surface area contributed by atoms with Gasteiger partial charge in [0, 0.05) is 12.6 Å². The summed E-state index contributed by atoms with van der Waals surface area (Å²) < 4.78 is 52.3.